The van der Waals surface area contributed by atoms with Gasteiger partial charge in [0.15, 0.2) is 0 Å². The number of aromatic hydroxyl groups is 1. The molecule has 6 heteroatoms. The van der Waals surface area contributed by atoms with Crippen LogP contribution in [0.3, 0.4) is 0 Å². The number of nitrogens with one attached hydrogen (secondary N) is 2. The standard InChI is InChI=1S/C12H14N4O2/c1-8-14-11(16-15-8)12(18)13-7-6-9-2-4-10(17)5-3-9/h2-5,17H,6-7H2,1H3,(H,13,18)(H,14,15,16). The number of aromatic amines is 1. The van der Waals surface area contributed by atoms with E-state index in [0.717, 1.165) is 5.56 Å². The van der Waals surface area contributed by atoms with E-state index in [4.69, 9.17) is 5.11 Å². The van der Waals surface area contributed by atoms with Crippen molar-refractivity contribution in [2.24, 2.45) is 0 Å². The second kappa shape index (κ2) is 5.31. The summed E-state index contributed by atoms with van der Waals surface area (Å²) in [6, 6.07) is 6.88. The van der Waals surface area contributed by atoms with Gasteiger partial charge in [-0.15, -0.1) is 5.10 Å². The van der Waals surface area contributed by atoms with Crippen molar-refractivity contribution in [3.8, 4) is 5.75 Å². The Bertz CT molecular complexity index is 533. The molecule has 0 radical (unpaired) electrons. The maximum atomic E-state index is 11.6. The first-order valence-electron chi connectivity index (χ1n) is 5.60. The van der Waals surface area contributed by atoms with E-state index < -0.39 is 0 Å². The maximum absolute atomic E-state index is 11.6. The Morgan fingerprint density at radius 2 is 2.11 bits per heavy atom. The molecule has 0 spiro atoms. The lowest BCUT2D eigenvalue weighted by molar-refractivity contribution is 0.0944. The van der Waals surface area contributed by atoms with Gasteiger partial charge in [-0.3, -0.25) is 9.89 Å². The third-order valence-electron chi connectivity index (χ3n) is 2.44. The summed E-state index contributed by atoms with van der Waals surface area (Å²) in [4.78, 5) is 15.5. The topological polar surface area (TPSA) is 90.9 Å². The molecule has 1 aromatic carbocycles. The zero-order valence-corrected chi connectivity index (χ0v) is 9.97. The second-order valence-electron chi connectivity index (χ2n) is 3.92. The summed E-state index contributed by atoms with van der Waals surface area (Å²) in [5.74, 6) is 0.703. The Balaban J connectivity index is 1.82. The highest BCUT2D eigenvalue weighted by Gasteiger charge is 2.09. The third kappa shape index (κ3) is 3.07. The number of hydrogen-bond acceptors (Lipinski definition) is 4. The van der Waals surface area contributed by atoms with Crippen molar-refractivity contribution < 1.29 is 9.90 Å². The summed E-state index contributed by atoms with van der Waals surface area (Å²) < 4.78 is 0. The van der Waals surface area contributed by atoms with Crippen LogP contribution in [0.5, 0.6) is 5.75 Å². The monoisotopic (exact) mass is 246 g/mol. The first-order valence-corrected chi connectivity index (χ1v) is 5.60. The number of phenolic OH excluding ortho intramolecular Hbond substituents is 1. The van der Waals surface area contributed by atoms with E-state index in [1.807, 2.05) is 12.1 Å². The molecule has 0 fully saturated rings. The van der Waals surface area contributed by atoms with Gasteiger partial charge in [-0.1, -0.05) is 12.1 Å². The molecule has 94 valence electrons. The molecule has 0 bridgehead atoms. The zero-order chi connectivity index (χ0) is 13.0. The minimum absolute atomic E-state index is 0.151. The highest BCUT2D eigenvalue weighted by Crippen LogP contribution is 2.09. The van der Waals surface area contributed by atoms with Crippen LogP contribution in [0.15, 0.2) is 24.3 Å². The molecule has 0 atom stereocenters. The average molecular weight is 246 g/mol. The van der Waals surface area contributed by atoms with Gasteiger partial charge in [0.25, 0.3) is 5.91 Å². The van der Waals surface area contributed by atoms with E-state index in [9.17, 15) is 4.79 Å². The van der Waals surface area contributed by atoms with E-state index >= 15 is 0 Å². The van der Waals surface area contributed by atoms with E-state index in [0.29, 0.717) is 18.8 Å². The highest BCUT2D eigenvalue weighted by molar-refractivity contribution is 5.90. The molecule has 0 aliphatic carbocycles. The Morgan fingerprint density at radius 1 is 1.39 bits per heavy atom. The Morgan fingerprint density at radius 3 is 2.72 bits per heavy atom. The normalized spacial score (nSPS) is 10.3. The van der Waals surface area contributed by atoms with Crippen molar-refractivity contribution in [3.05, 3.63) is 41.5 Å². The Labute approximate surface area is 104 Å². The van der Waals surface area contributed by atoms with Crippen molar-refractivity contribution in [1.82, 2.24) is 20.5 Å². The molecule has 0 saturated carbocycles. The maximum Gasteiger partial charge on any atom is 0.290 e. The molecule has 18 heavy (non-hydrogen) atoms. The van der Waals surface area contributed by atoms with Crippen LogP contribution in [0.1, 0.15) is 22.0 Å². The van der Waals surface area contributed by atoms with Gasteiger partial charge in [-0.25, -0.2) is 4.98 Å². The van der Waals surface area contributed by atoms with Crippen molar-refractivity contribution >= 4 is 5.91 Å². The van der Waals surface area contributed by atoms with Gasteiger partial charge >= 0.3 is 0 Å². The molecule has 0 aliphatic heterocycles. The number of aromatic nitrogens is 3. The van der Waals surface area contributed by atoms with Crippen LogP contribution in [0.2, 0.25) is 0 Å². The largest absolute Gasteiger partial charge is 0.508 e. The molecule has 1 aromatic heterocycles. The third-order valence-corrected chi connectivity index (χ3v) is 2.44. The summed E-state index contributed by atoms with van der Waals surface area (Å²) in [5.41, 5.74) is 1.04. The SMILES string of the molecule is Cc1nc(C(=O)NCCc2ccc(O)cc2)n[nH]1. The van der Waals surface area contributed by atoms with Gasteiger partial charge in [0.05, 0.1) is 0 Å². The lowest BCUT2D eigenvalue weighted by Gasteiger charge is -2.03. The van der Waals surface area contributed by atoms with E-state index in [-0.39, 0.29) is 17.5 Å². The van der Waals surface area contributed by atoms with E-state index in [2.05, 4.69) is 20.5 Å². The fourth-order valence-corrected chi connectivity index (χ4v) is 1.51. The average Bonchev–Trinajstić information content (AvgIpc) is 2.78. The van der Waals surface area contributed by atoms with Crippen LogP contribution in [-0.2, 0) is 6.42 Å². The molecule has 0 unspecified atom stereocenters. The van der Waals surface area contributed by atoms with Crippen molar-refractivity contribution in [2.45, 2.75) is 13.3 Å². The fourth-order valence-electron chi connectivity index (χ4n) is 1.51. The molecule has 3 N–H and O–H groups in total. The first-order chi connectivity index (χ1) is 8.65. The van der Waals surface area contributed by atoms with Crippen LogP contribution in [0, 0.1) is 6.92 Å². The lowest BCUT2D eigenvalue weighted by atomic mass is 10.1. The van der Waals surface area contributed by atoms with Gasteiger partial charge in [0, 0.05) is 6.54 Å². The van der Waals surface area contributed by atoms with Crippen molar-refractivity contribution in [1.29, 1.82) is 0 Å². The van der Waals surface area contributed by atoms with Gasteiger partial charge in [-0.05, 0) is 31.0 Å². The number of aryl methyl sites for hydroxylation is 1. The van der Waals surface area contributed by atoms with Crippen LogP contribution < -0.4 is 5.32 Å². The fraction of sp³-hybridized carbons (Fsp3) is 0.250. The Hall–Kier alpha value is -2.37. The molecule has 0 saturated heterocycles. The minimum Gasteiger partial charge on any atom is -0.508 e. The summed E-state index contributed by atoms with van der Waals surface area (Å²) in [6.07, 6.45) is 0.690. The molecule has 2 aromatic rings. The first kappa shape index (κ1) is 12.1. The van der Waals surface area contributed by atoms with Crippen LogP contribution in [0.4, 0.5) is 0 Å². The zero-order valence-electron chi connectivity index (χ0n) is 9.97. The predicted molar refractivity (Wildman–Crippen MR) is 65.3 cm³/mol. The molecule has 2 rings (SSSR count). The van der Waals surface area contributed by atoms with Crippen LogP contribution >= 0.6 is 0 Å². The minimum atomic E-state index is -0.293. The number of H-pyrrole nitrogens is 1. The summed E-state index contributed by atoms with van der Waals surface area (Å²) >= 11 is 0. The predicted octanol–water partition coefficient (Wildman–Crippen LogP) is 0.791. The van der Waals surface area contributed by atoms with Crippen molar-refractivity contribution in [3.63, 3.8) is 0 Å². The number of carbonyl (C=O) groups excluding carboxylic acids is 1. The Kier molecular flexibility index (Phi) is 3.57. The molecular weight excluding hydrogens is 232 g/mol. The number of nitrogens with zero attached hydrogens (tertiary/aromatic N) is 2. The summed E-state index contributed by atoms with van der Waals surface area (Å²) in [7, 11) is 0. The number of carbonyl (C=O) groups is 1. The quantitative estimate of drug-likeness (QED) is 0.744. The lowest BCUT2D eigenvalue weighted by Crippen LogP contribution is -2.26. The molecule has 1 amide bonds. The van der Waals surface area contributed by atoms with Gasteiger partial charge < -0.3 is 10.4 Å². The molecule has 1 heterocycles. The number of phenols is 1. The van der Waals surface area contributed by atoms with Gasteiger partial charge in [-0.2, -0.15) is 0 Å². The molecule has 6 nitrogen and oxygen atoms in total. The number of benzene rings is 1. The highest BCUT2D eigenvalue weighted by atomic mass is 16.3. The molecular formula is C12H14N4O2. The summed E-state index contributed by atoms with van der Waals surface area (Å²) in [6.45, 7) is 2.23. The smallest absolute Gasteiger partial charge is 0.290 e. The second-order valence-corrected chi connectivity index (χ2v) is 3.92. The number of amides is 1. The number of rotatable bonds is 4. The molecule has 0 aliphatic rings. The van der Waals surface area contributed by atoms with E-state index in [1.54, 1.807) is 19.1 Å². The number of hydrogen-bond donors (Lipinski definition) is 3. The van der Waals surface area contributed by atoms with Crippen molar-refractivity contribution in [2.75, 3.05) is 6.54 Å². The van der Waals surface area contributed by atoms with Gasteiger partial charge in [0.1, 0.15) is 11.6 Å². The van der Waals surface area contributed by atoms with Gasteiger partial charge in [0.2, 0.25) is 5.82 Å². The van der Waals surface area contributed by atoms with Crippen LogP contribution in [0.25, 0.3) is 0 Å². The summed E-state index contributed by atoms with van der Waals surface area (Å²) in [5, 5.41) is 18.2. The van der Waals surface area contributed by atoms with E-state index in [1.165, 1.54) is 0 Å². The van der Waals surface area contributed by atoms with Crippen LogP contribution in [-0.4, -0.2) is 32.7 Å².